The number of amides is 1. The first-order valence-electron chi connectivity index (χ1n) is 12.8. The summed E-state index contributed by atoms with van der Waals surface area (Å²) in [5.74, 6) is 0.471. The van der Waals surface area contributed by atoms with Crippen LogP contribution in [-0.4, -0.2) is 51.2 Å². The van der Waals surface area contributed by atoms with Crippen molar-refractivity contribution in [2.75, 3.05) is 26.2 Å². The number of hydrogen-bond acceptors (Lipinski definition) is 5. The molecule has 1 fully saturated rings. The lowest BCUT2D eigenvalue weighted by molar-refractivity contribution is -0.131. The zero-order valence-corrected chi connectivity index (χ0v) is 23.6. The van der Waals surface area contributed by atoms with Gasteiger partial charge >= 0.3 is 0 Å². The maximum atomic E-state index is 12.7. The number of carbonyl (C=O) groups excluding carboxylic acids is 1. The maximum Gasteiger partial charge on any atom is 0.241 e. The first-order valence-corrected chi connectivity index (χ1v) is 14.7. The Morgan fingerprint density at radius 1 is 1.05 bits per heavy atom. The van der Waals surface area contributed by atoms with E-state index in [2.05, 4.69) is 4.72 Å². The van der Waals surface area contributed by atoms with E-state index in [9.17, 15) is 13.2 Å². The molecule has 3 aromatic rings. The van der Waals surface area contributed by atoms with Gasteiger partial charge in [-0.05, 0) is 68.5 Å². The van der Waals surface area contributed by atoms with Crippen molar-refractivity contribution in [1.82, 2.24) is 9.62 Å². The Kier molecular flexibility index (Phi) is 11.1. The van der Waals surface area contributed by atoms with E-state index in [4.69, 9.17) is 28.5 Å². The van der Waals surface area contributed by atoms with Crippen molar-refractivity contribution in [1.29, 1.82) is 5.41 Å². The number of hydrogen-bond donors (Lipinski definition) is 4. The third kappa shape index (κ3) is 8.90. The van der Waals surface area contributed by atoms with Crippen LogP contribution in [0.5, 0.6) is 0 Å². The first-order chi connectivity index (χ1) is 18.6. The van der Waals surface area contributed by atoms with Gasteiger partial charge in [-0.2, -0.15) is 0 Å². The average molecular weight is 570 g/mol. The van der Waals surface area contributed by atoms with Crippen LogP contribution in [0, 0.1) is 18.3 Å². The lowest BCUT2D eigenvalue weighted by Crippen LogP contribution is -2.44. The molecule has 8 nitrogen and oxygen atoms in total. The number of rotatable bonds is 8. The molecule has 1 heterocycles. The summed E-state index contributed by atoms with van der Waals surface area (Å²) in [5, 5.41) is 7.65. The van der Waals surface area contributed by atoms with Crippen molar-refractivity contribution in [3.8, 4) is 11.1 Å². The molecule has 39 heavy (non-hydrogen) atoms. The number of carbonyl (C=O) groups is 1. The first kappa shape index (κ1) is 30.3. The largest absolute Gasteiger partial charge is 0.384 e. The summed E-state index contributed by atoms with van der Waals surface area (Å²) in [6.07, 6.45) is 2.79. The van der Waals surface area contributed by atoms with Gasteiger partial charge in [0.2, 0.25) is 15.9 Å². The quantitative estimate of drug-likeness (QED) is 0.238. The zero-order valence-electron chi connectivity index (χ0n) is 22.1. The molecule has 0 atom stereocenters. The molecule has 0 radical (unpaired) electrons. The Morgan fingerprint density at radius 2 is 1.74 bits per heavy atom. The number of benzene rings is 3. The minimum atomic E-state index is -3.81. The highest BCUT2D eigenvalue weighted by Gasteiger charge is 2.24. The number of nitrogens with two attached hydrogens (primary N) is 2. The number of likely N-dealkylation sites (tertiary alicyclic amines) is 1. The smallest absolute Gasteiger partial charge is 0.241 e. The number of aryl methyl sites for hydroxylation is 1. The van der Waals surface area contributed by atoms with Gasteiger partial charge in [0.05, 0.1) is 11.4 Å². The molecule has 1 aliphatic heterocycles. The molecule has 1 aliphatic rings. The standard InChI is InChI=1S/C21H26ClN3O3S.C8H10N2/c22-20-7-2-1-6-19(20)17-4-3-5-18(14-17)29(27,28)24-15-21(26)25-12-9-16(8-11-23)10-13-25;1-6-3-2-4-7(5-6)8(9)10/h1-7,14,16,24H,8-13,15,23H2;2-5H,1H3,(H3,9,10). The van der Waals surface area contributed by atoms with E-state index in [1.54, 1.807) is 29.2 Å². The number of nitrogens with one attached hydrogen (secondary N) is 2. The summed E-state index contributed by atoms with van der Waals surface area (Å²) in [6.45, 7) is 3.68. The van der Waals surface area contributed by atoms with Gasteiger partial charge in [-0.15, -0.1) is 0 Å². The van der Waals surface area contributed by atoms with E-state index in [-0.39, 0.29) is 23.2 Å². The molecule has 0 spiro atoms. The second-order valence-corrected chi connectivity index (χ2v) is 11.7. The Labute approximate surface area is 235 Å². The highest BCUT2D eigenvalue weighted by Crippen LogP contribution is 2.29. The maximum absolute atomic E-state index is 12.7. The topological polar surface area (TPSA) is 142 Å². The van der Waals surface area contributed by atoms with Crippen molar-refractivity contribution >= 4 is 33.4 Å². The Balaban J connectivity index is 0.000000353. The molecule has 208 valence electrons. The van der Waals surface area contributed by atoms with Crippen LogP contribution >= 0.6 is 11.6 Å². The predicted molar refractivity (Wildman–Crippen MR) is 157 cm³/mol. The molecule has 0 aliphatic carbocycles. The SMILES string of the molecule is Cc1cccc(C(=N)N)c1.NCCC1CCN(C(=O)CNS(=O)(=O)c2cccc(-c3ccccc3Cl)c2)CC1. The van der Waals surface area contributed by atoms with E-state index in [1.807, 2.05) is 49.4 Å². The number of nitrogen functional groups attached to an aromatic ring is 1. The van der Waals surface area contributed by atoms with Crippen LogP contribution in [-0.2, 0) is 14.8 Å². The molecule has 0 unspecified atom stereocenters. The van der Waals surface area contributed by atoms with Gasteiger partial charge in [0.25, 0.3) is 0 Å². The van der Waals surface area contributed by atoms with Crippen molar-refractivity contribution in [2.24, 2.45) is 17.4 Å². The summed E-state index contributed by atoms with van der Waals surface area (Å²) in [7, 11) is -3.81. The predicted octanol–water partition coefficient (Wildman–Crippen LogP) is 4.15. The van der Waals surface area contributed by atoms with Crippen LogP contribution in [0.3, 0.4) is 0 Å². The minimum absolute atomic E-state index is 0.101. The normalized spacial score (nSPS) is 13.9. The number of sulfonamides is 1. The van der Waals surface area contributed by atoms with Gasteiger partial charge in [0.1, 0.15) is 5.84 Å². The molecular weight excluding hydrogens is 534 g/mol. The van der Waals surface area contributed by atoms with E-state index in [1.165, 1.54) is 6.07 Å². The van der Waals surface area contributed by atoms with Gasteiger partial charge in [-0.25, -0.2) is 13.1 Å². The van der Waals surface area contributed by atoms with Crippen LogP contribution in [0.25, 0.3) is 11.1 Å². The Morgan fingerprint density at radius 3 is 2.36 bits per heavy atom. The summed E-state index contributed by atoms with van der Waals surface area (Å²) in [6, 6.07) is 21.4. The molecule has 4 rings (SSSR count). The summed E-state index contributed by atoms with van der Waals surface area (Å²) >= 11 is 6.22. The fourth-order valence-corrected chi connectivity index (χ4v) is 5.66. The summed E-state index contributed by atoms with van der Waals surface area (Å²) in [5.41, 5.74) is 14.2. The van der Waals surface area contributed by atoms with Gasteiger partial charge < -0.3 is 16.4 Å². The van der Waals surface area contributed by atoms with Crippen molar-refractivity contribution in [3.05, 3.63) is 88.9 Å². The van der Waals surface area contributed by atoms with Gasteiger partial charge in [-0.3, -0.25) is 10.2 Å². The molecule has 10 heteroatoms. The number of amidine groups is 1. The monoisotopic (exact) mass is 569 g/mol. The van der Waals surface area contributed by atoms with Gasteiger partial charge in [0, 0.05) is 29.2 Å². The molecule has 0 aromatic heterocycles. The van der Waals surface area contributed by atoms with E-state index in [0.717, 1.165) is 36.0 Å². The summed E-state index contributed by atoms with van der Waals surface area (Å²) in [4.78, 5) is 14.2. The lowest BCUT2D eigenvalue weighted by atomic mass is 9.93. The van der Waals surface area contributed by atoms with E-state index < -0.39 is 10.0 Å². The second-order valence-electron chi connectivity index (χ2n) is 9.52. The highest BCUT2D eigenvalue weighted by molar-refractivity contribution is 7.89. The summed E-state index contributed by atoms with van der Waals surface area (Å²) < 4.78 is 27.8. The molecule has 1 amide bonds. The lowest BCUT2D eigenvalue weighted by Gasteiger charge is -2.32. The minimum Gasteiger partial charge on any atom is -0.384 e. The van der Waals surface area contributed by atoms with Crippen LogP contribution in [0.1, 0.15) is 30.4 Å². The van der Waals surface area contributed by atoms with Crippen LogP contribution in [0.15, 0.2) is 77.7 Å². The van der Waals surface area contributed by atoms with E-state index >= 15 is 0 Å². The van der Waals surface area contributed by atoms with Crippen molar-refractivity contribution in [2.45, 2.75) is 31.1 Å². The Bertz CT molecular complexity index is 1390. The fourth-order valence-electron chi connectivity index (χ4n) is 4.40. The molecule has 6 N–H and O–H groups in total. The average Bonchev–Trinajstić information content (AvgIpc) is 2.93. The molecular formula is C29H36ClN5O3S. The fraction of sp³-hybridized carbons (Fsp3) is 0.310. The zero-order chi connectivity index (χ0) is 28.4. The van der Waals surface area contributed by atoms with E-state index in [0.29, 0.717) is 36.1 Å². The third-order valence-electron chi connectivity index (χ3n) is 6.61. The second kappa shape index (κ2) is 14.2. The molecule has 1 saturated heterocycles. The number of piperidine rings is 1. The van der Waals surface area contributed by atoms with Crippen LogP contribution in [0.2, 0.25) is 5.02 Å². The molecule has 3 aromatic carbocycles. The van der Waals surface area contributed by atoms with Gasteiger partial charge in [0.15, 0.2) is 0 Å². The number of nitrogens with zero attached hydrogens (tertiary/aromatic N) is 1. The van der Waals surface area contributed by atoms with Crippen molar-refractivity contribution < 1.29 is 13.2 Å². The number of halogens is 1. The molecule has 0 bridgehead atoms. The van der Waals surface area contributed by atoms with Crippen LogP contribution in [0.4, 0.5) is 0 Å². The van der Waals surface area contributed by atoms with Crippen LogP contribution < -0.4 is 16.2 Å². The highest BCUT2D eigenvalue weighted by atomic mass is 35.5. The third-order valence-corrected chi connectivity index (χ3v) is 8.34. The van der Waals surface area contributed by atoms with Gasteiger partial charge in [-0.1, -0.05) is 65.7 Å². The Hall–Kier alpha value is -3.24. The molecule has 0 saturated carbocycles. The van der Waals surface area contributed by atoms with Crippen molar-refractivity contribution in [3.63, 3.8) is 0 Å².